The molecule has 0 saturated carbocycles. The number of rotatable bonds is 5. The average Bonchev–Trinajstić information content (AvgIpc) is 2.68. The van der Waals surface area contributed by atoms with Crippen molar-refractivity contribution < 1.29 is 19.1 Å². The molecule has 0 atom stereocenters. The van der Waals surface area contributed by atoms with Crippen LogP contribution >= 0.6 is 12.2 Å². The van der Waals surface area contributed by atoms with Gasteiger partial charge in [-0.2, -0.15) is 0 Å². The van der Waals surface area contributed by atoms with Crippen molar-refractivity contribution in [2.75, 3.05) is 19.0 Å². The molecule has 3 N–H and O–H groups in total. The third kappa shape index (κ3) is 5.61. The highest BCUT2D eigenvalue weighted by Gasteiger charge is 2.12. The lowest BCUT2D eigenvalue weighted by Gasteiger charge is -2.10. The summed E-state index contributed by atoms with van der Waals surface area (Å²) in [7, 11) is 1.27. The number of benzene rings is 2. The predicted octanol–water partition coefficient (Wildman–Crippen LogP) is 2.35. The van der Waals surface area contributed by atoms with Gasteiger partial charge in [0.05, 0.1) is 12.7 Å². The van der Waals surface area contributed by atoms with E-state index in [1.807, 2.05) is 6.92 Å². The Kier molecular flexibility index (Phi) is 7.01. The molecule has 8 heteroatoms. The lowest BCUT2D eigenvalue weighted by molar-refractivity contribution is 0.0600. The fourth-order valence-corrected chi connectivity index (χ4v) is 2.42. The van der Waals surface area contributed by atoms with Crippen molar-refractivity contribution >= 4 is 40.8 Å². The van der Waals surface area contributed by atoms with Gasteiger partial charge in [-0.05, 0) is 61.6 Å². The van der Waals surface area contributed by atoms with Gasteiger partial charge in [0.2, 0.25) is 0 Å². The minimum atomic E-state index is -0.530. The fourth-order valence-electron chi connectivity index (χ4n) is 2.21. The zero-order chi connectivity index (χ0) is 19.8. The van der Waals surface area contributed by atoms with E-state index >= 15 is 0 Å². The highest BCUT2D eigenvalue weighted by molar-refractivity contribution is 7.80. The van der Waals surface area contributed by atoms with E-state index in [1.165, 1.54) is 13.2 Å². The standard InChI is InChI=1S/C19H19N3O4S/c1-3-20-16(23)12-7-9-15(10-8-12)21-19(27)22-17(24)13-5-4-6-14(11-13)18(25)26-2/h4-11H,3H2,1-2H3,(H,20,23)(H2,21,22,24,27). The molecule has 0 aliphatic rings. The quantitative estimate of drug-likeness (QED) is 0.540. The number of carbonyl (C=O) groups is 3. The summed E-state index contributed by atoms with van der Waals surface area (Å²) in [6.45, 7) is 2.39. The Morgan fingerprint density at radius 1 is 0.963 bits per heavy atom. The second-order valence-electron chi connectivity index (χ2n) is 5.42. The maximum Gasteiger partial charge on any atom is 0.337 e. The third-order valence-electron chi connectivity index (χ3n) is 3.52. The van der Waals surface area contributed by atoms with Crippen LogP contribution in [-0.2, 0) is 4.74 Å². The number of hydrogen-bond donors (Lipinski definition) is 3. The molecule has 0 aromatic heterocycles. The predicted molar refractivity (Wildman–Crippen MR) is 106 cm³/mol. The Labute approximate surface area is 162 Å². The Bertz CT molecular complexity index is 866. The minimum absolute atomic E-state index is 0.0919. The lowest BCUT2D eigenvalue weighted by atomic mass is 10.1. The van der Waals surface area contributed by atoms with Gasteiger partial charge < -0.3 is 15.4 Å². The van der Waals surface area contributed by atoms with Crippen LogP contribution in [0.1, 0.15) is 38.0 Å². The molecule has 0 bridgehead atoms. The van der Waals surface area contributed by atoms with Gasteiger partial charge in [-0.15, -0.1) is 0 Å². The normalized spacial score (nSPS) is 9.85. The number of anilines is 1. The van der Waals surface area contributed by atoms with Crippen LogP contribution in [0.2, 0.25) is 0 Å². The molecule has 2 amide bonds. The van der Waals surface area contributed by atoms with Crippen molar-refractivity contribution in [1.82, 2.24) is 10.6 Å². The fraction of sp³-hybridized carbons (Fsp3) is 0.158. The van der Waals surface area contributed by atoms with Crippen LogP contribution in [0.5, 0.6) is 0 Å². The molecule has 27 heavy (non-hydrogen) atoms. The van der Waals surface area contributed by atoms with E-state index in [4.69, 9.17) is 12.2 Å². The smallest absolute Gasteiger partial charge is 0.337 e. The second-order valence-corrected chi connectivity index (χ2v) is 5.83. The number of amides is 2. The minimum Gasteiger partial charge on any atom is -0.465 e. The van der Waals surface area contributed by atoms with E-state index in [-0.39, 0.29) is 22.1 Å². The van der Waals surface area contributed by atoms with Crippen molar-refractivity contribution in [1.29, 1.82) is 0 Å². The summed E-state index contributed by atoms with van der Waals surface area (Å²) in [5, 5.41) is 8.20. The van der Waals surface area contributed by atoms with Crippen molar-refractivity contribution in [2.24, 2.45) is 0 Å². The molecule has 0 heterocycles. The molecule has 0 spiro atoms. The number of esters is 1. The monoisotopic (exact) mass is 385 g/mol. The van der Waals surface area contributed by atoms with E-state index in [1.54, 1.807) is 42.5 Å². The largest absolute Gasteiger partial charge is 0.465 e. The highest BCUT2D eigenvalue weighted by Crippen LogP contribution is 2.10. The summed E-state index contributed by atoms with van der Waals surface area (Å²) in [4.78, 5) is 35.6. The van der Waals surface area contributed by atoms with E-state index in [0.29, 0.717) is 17.8 Å². The number of carbonyl (C=O) groups excluding carboxylic acids is 3. The molecule has 0 saturated heterocycles. The Balaban J connectivity index is 1.98. The number of ether oxygens (including phenoxy) is 1. The van der Waals surface area contributed by atoms with Crippen molar-refractivity contribution in [3.63, 3.8) is 0 Å². The molecule has 2 rings (SSSR count). The molecule has 0 radical (unpaired) electrons. The van der Waals surface area contributed by atoms with Crippen molar-refractivity contribution in [3.8, 4) is 0 Å². The van der Waals surface area contributed by atoms with Crippen LogP contribution < -0.4 is 16.0 Å². The van der Waals surface area contributed by atoms with E-state index in [0.717, 1.165) is 0 Å². The number of hydrogen-bond acceptors (Lipinski definition) is 5. The van der Waals surface area contributed by atoms with Crippen LogP contribution in [0.4, 0.5) is 5.69 Å². The molecular weight excluding hydrogens is 366 g/mol. The summed E-state index contributed by atoms with van der Waals surface area (Å²) in [6.07, 6.45) is 0. The first-order valence-electron chi connectivity index (χ1n) is 8.13. The van der Waals surface area contributed by atoms with Gasteiger partial charge in [0.15, 0.2) is 5.11 Å². The van der Waals surface area contributed by atoms with Crippen molar-refractivity contribution in [2.45, 2.75) is 6.92 Å². The van der Waals surface area contributed by atoms with E-state index in [9.17, 15) is 14.4 Å². The second kappa shape index (κ2) is 9.44. The van der Waals surface area contributed by atoms with Crippen LogP contribution in [-0.4, -0.2) is 36.6 Å². The van der Waals surface area contributed by atoms with Gasteiger partial charge in [-0.1, -0.05) is 6.07 Å². The molecule has 7 nitrogen and oxygen atoms in total. The Morgan fingerprint density at radius 3 is 2.26 bits per heavy atom. The van der Waals surface area contributed by atoms with Gasteiger partial charge in [0.1, 0.15) is 0 Å². The molecule has 2 aromatic carbocycles. The summed E-state index contributed by atoms with van der Waals surface area (Å²) in [5.74, 6) is -1.15. The topological polar surface area (TPSA) is 96.5 Å². The Morgan fingerprint density at radius 2 is 1.63 bits per heavy atom. The lowest BCUT2D eigenvalue weighted by Crippen LogP contribution is -2.34. The van der Waals surface area contributed by atoms with Crippen LogP contribution in [0, 0.1) is 0 Å². The third-order valence-corrected chi connectivity index (χ3v) is 3.72. The molecule has 0 unspecified atom stereocenters. The van der Waals surface area contributed by atoms with Gasteiger partial charge in [0.25, 0.3) is 11.8 Å². The highest BCUT2D eigenvalue weighted by atomic mass is 32.1. The zero-order valence-corrected chi connectivity index (χ0v) is 15.7. The first kappa shape index (κ1) is 20.1. The first-order valence-corrected chi connectivity index (χ1v) is 8.54. The maximum atomic E-state index is 12.3. The van der Waals surface area contributed by atoms with Gasteiger partial charge >= 0.3 is 5.97 Å². The molecule has 0 fully saturated rings. The van der Waals surface area contributed by atoms with Gasteiger partial charge in [-0.25, -0.2) is 4.79 Å². The van der Waals surface area contributed by atoms with Crippen LogP contribution in [0.3, 0.4) is 0 Å². The SMILES string of the molecule is CCNC(=O)c1ccc(NC(=S)NC(=O)c2cccc(C(=O)OC)c2)cc1. The Hall–Kier alpha value is -3.26. The van der Waals surface area contributed by atoms with Crippen LogP contribution in [0.15, 0.2) is 48.5 Å². The van der Waals surface area contributed by atoms with Gasteiger partial charge in [0, 0.05) is 23.4 Å². The first-order chi connectivity index (χ1) is 12.9. The average molecular weight is 385 g/mol. The summed E-state index contributed by atoms with van der Waals surface area (Å²) in [5.41, 5.74) is 1.69. The van der Waals surface area contributed by atoms with Crippen LogP contribution in [0.25, 0.3) is 0 Å². The summed E-state index contributed by atoms with van der Waals surface area (Å²) in [6, 6.07) is 12.8. The number of methoxy groups -OCH3 is 1. The van der Waals surface area contributed by atoms with Gasteiger partial charge in [-0.3, -0.25) is 14.9 Å². The molecule has 2 aromatic rings. The zero-order valence-electron chi connectivity index (χ0n) is 14.9. The molecule has 140 valence electrons. The summed E-state index contributed by atoms with van der Waals surface area (Å²) >= 11 is 5.13. The maximum absolute atomic E-state index is 12.3. The van der Waals surface area contributed by atoms with Crippen molar-refractivity contribution in [3.05, 3.63) is 65.2 Å². The molecule has 0 aliphatic carbocycles. The van der Waals surface area contributed by atoms with E-state index in [2.05, 4.69) is 20.7 Å². The molecular formula is C19H19N3O4S. The number of nitrogens with one attached hydrogen (secondary N) is 3. The summed E-state index contributed by atoms with van der Waals surface area (Å²) < 4.78 is 4.64. The number of thiocarbonyl (C=S) groups is 1. The molecule has 0 aliphatic heterocycles. The van der Waals surface area contributed by atoms with E-state index < -0.39 is 11.9 Å².